The number of carbonyl (C=O) groups excluding carboxylic acids is 2. The predicted octanol–water partition coefficient (Wildman–Crippen LogP) is 3.18. The van der Waals surface area contributed by atoms with Crippen LogP contribution in [0.1, 0.15) is 25.8 Å². The van der Waals surface area contributed by atoms with Crippen molar-refractivity contribution in [1.82, 2.24) is 4.90 Å². The van der Waals surface area contributed by atoms with Crippen molar-refractivity contribution in [3.63, 3.8) is 0 Å². The maximum atomic E-state index is 12.2. The van der Waals surface area contributed by atoms with Gasteiger partial charge >= 0.3 is 0 Å². The van der Waals surface area contributed by atoms with Gasteiger partial charge in [0.2, 0.25) is 0 Å². The third-order valence-corrected chi connectivity index (χ3v) is 2.93. The second-order valence-corrected chi connectivity index (χ2v) is 4.86. The summed E-state index contributed by atoms with van der Waals surface area (Å²) in [5.74, 6) is -0.327. The van der Waals surface area contributed by atoms with Crippen LogP contribution in [0.3, 0.4) is 0 Å². The third kappa shape index (κ3) is 4.87. The van der Waals surface area contributed by atoms with E-state index in [0.29, 0.717) is 10.6 Å². The zero-order valence-electron chi connectivity index (χ0n) is 11.4. The van der Waals surface area contributed by atoms with Crippen molar-refractivity contribution in [1.29, 1.82) is 0 Å². The third-order valence-electron chi connectivity index (χ3n) is 2.69. The highest BCUT2D eigenvalue weighted by Gasteiger charge is 2.15. The summed E-state index contributed by atoms with van der Waals surface area (Å²) in [5, 5.41) is 0.568. The molecule has 0 aliphatic rings. The lowest BCUT2D eigenvalue weighted by Gasteiger charge is -2.14. The lowest BCUT2D eigenvalue weighted by atomic mass is 9.99. The monoisotopic (exact) mass is 279 g/mol. The molecule has 0 saturated carbocycles. The summed E-state index contributed by atoms with van der Waals surface area (Å²) in [6, 6.07) is 7.09. The fraction of sp³-hybridized carbons (Fsp3) is 0.333. The molecule has 0 heterocycles. The van der Waals surface area contributed by atoms with E-state index < -0.39 is 0 Å². The molecule has 19 heavy (non-hydrogen) atoms. The maximum absolute atomic E-state index is 12.2. The first kappa shape index (κ1) is 15.4. The molecule has 3 nitrogen and oxygen atoms in total. The molecule has 1 rings (SSSR count). The number of benzene rings is 1. The molecule has 0 fully saturated rings. The van der Waals surface area contributed by atoms with E-state index in [0.717, 1.165) is 12.1 Å². The van der Waals surface area contributed by atoms with Crippen molar-refractivity contribution >= 4 is 28.7 Å². The summed E-state index contributed by atoms with van der Waals surface area (Å²) < 4.78 is 0. The summed E-state index contributed by atoms with van der Waals surface area (Å²) in [7, 11) is 1.88. The van der Waals surface area contributed by atoms with Gasteiger partial charge in [0.15, 0.2) is 5.78 Å². The van der Waals surface area contributed by atoms with Crippen LogP contribution in [0.25, 0.3) is 5.57 Å². The van der Waals surface area contributed by atoms with Crippen molar-refractivity contribution in [3.05, 3.63) is 41.1 Å². The zero-order chi connectivity index (χ0) is 14.4. The highest BCUT2D eigenvalue weighted by atomic mass is 35.5. The van der Waals surface area contributed by atoms with Gasteiger partial charge in [0.25, 0.3) is 0 Å². The maximum Gasteiger partial charge on any atom is 0.172 e. The first-order valence-electron chi connectivity index (χ1n) is 6.14. The van der Waals surface area contributed by atoms with E-state index in [1.807, 2.05) is 24.9 Å². The van der Waals surface area contributed by atoms with Crippen molar-refractivity contribution in [2.45, 2.75) is 20.3 Å². The molecule has 0 spiro atoms. The highest BCUT2D eigenvalue weighted by Crippen LogP contribution is 2.21. The molecule has 1 aromatic rings. The van der Waals surface area contributed by atoms with Crippen LogP contribution in [0.2, 0.25) is 5.02 Å². The van der Waals surface area contributed by atoms with Crippen LogP contribution < -0.4 is 0 Å². The number of halogens is 1. The first-order chi connectivity index (χ1) is 8.93. The molecule has 1 aromatic carbocycles. The fourth-order valence-electron chi connectivity index (χ4n) is 1.60. The van der Waals surface area contributed by atoms with Gasteiger partial charge < -0.3 is 4.90 Å². The fourth-order valence-corrected chi connectivity index (χ4v) is 1.79. The Bertz CT molecular complexity index is 509. The number of nitrogens with zero attached hydrogens (tertiary/aromatic N) is 1. The summed E-state index contributed by atoms with van der Waals surface area (Å²) in [5.41, 5.74) is 1.25. The van der Waals surface area contributed by atoms with Gasteiger partial charge in [0.1, 0.15) is 5.78 Å². The van der Waals surface area contributed by atoms with E-state index in [1.165, 1.54) is 6.92 Å². The van der Waals surface area contributed by atoms with Gasteiger partial charge in [-0.3, -0.25) is 9.59 Å². The molecule has 0 aliphatic carbocycles. The SMILES string of the molecule is CCN(C)C=C(C(=O)CC(C)=O)c1cccc(Cl)c1. The Balaban J connectivity index is 3.16. The molecule has 0 atom stereocenters. The number of hydrogen-bond donors (Lipinski definition) is 0. The molecule has 0 amide bonds. The van der Waals surface area contributed by atoms with Crippen LogP contribution in [0.4, 0.5) is 0 Å². The summed E-state index contributed by atoms with van der Waals surface area (Å²) in [6.45, 7) is 4.18. The van der Waals surface area contributed by atoms with E-state index >= 15 is 0 Å². The Morgan fingerprint density at radius 2 is 2.05 bits per heavy atom. The summed E-state index contributed by atoms with van der Waals surface area (Å²) in [6.07, 6.45) is 1.67. The van der Waals surface area contributed by atoms with Gasteiger partial charge in [-0.2, -0.15) is 0 Å². The normalized spacial score (nSPS) is 11.3. The van der Waals surface area contributed by atoms with E-state index in [1.54, 1.807) is 24.4 Å². The average molecular weight is 280 g/mol. The summed E-state index contributed by atoms with van der Waals surface area (Å²) >= 11 is 5.95. The minimum Gasteiger partial charge on any atom is -0.380 e. The average Bonchev–Trinajstić information content (AvgIpc) is 2.34. The molecule has 0 aromatic heterocycles. The molecular weight excluding hydrogens is 262 g/mol. The van der Waals surface area contributed by atoms with Crippen molar-refractivity contribution < 1.29 is 9.59 Å². The van der Waals surface area contributed by atoms with Gasteiger partial charge in [0, 0.05) is 30.4 Å². The van der Waals surface area contributed by atoms with Crippen LogP contribution >= 0.6 is 11.6 Å². The summed E-state index contributed by atoms with van der Waals surface area (Å²) in [4.78, 5) is 25.2. The molecule has 0 saturated heterocycles. The Kier molecular flexibility index (Phi) is 5.77. The lowest BCUT2D eigenvalue weighted by molar-refractivity contribution is -0.122. The van der Waals surface area contributed by atoms with Crippen LogP contribution in [0, 0.1) is 0 Å². The molecule has 4 heteroatoms. The van der Waals surface area contributed by atoms with Crippen LogP contribution in [0.15, 0.2) is 30.5 Å². The zero-order valence-corrected chi connectivity index (χ0v) is 12.2. The Morgan fingerprint density at radius 3 is 2.58 bits per heavy atom. The van der Waals surface area contributed by atoms with E-state index in [-0.39, 0.29) is 18.0 Å². The van der Waals surface area contributed by atoms with Gasteiger partial charge in [-0.1, -0.05) is 23.7 Å². The second-order valence-electron chi connectivity index (χ2n) is 4.43. The van der Waals surface area contributed by atoms with E-state index in [2.05, 4.69) is 0 Å². The van der Waals surface area contributed by atoms with E-state index in [4.69, 9.17) is 11.6 Å². The van der Waals surface area contributed by atoms with E-state index in [9.17, 15) is 9.59 Å². The topological polar surface area (TPSA) is 37.4 Å². The van der Waals surface area contributed by atoms with Crippen LogP contribution in [-0.2, 0) is 9.59 Å². The standard InChI is InChI=1S/C15H18ClNO2/c1-4-17(3)10-14(15(19)8-11(2)18)12-6-5-7-13(16)9-12/h5-7,9-10H,4,8H2,1-3H3. The molecular formula is C15H18ClNO2. The van der Waals surface area contributed by atoms with Crippen molar-refractivity contribution in [2.75, 3.05) is 13.6 Å². The number of ketones is 2. The number of carbonyl (C=O) groups is 2. The number of rotatable bonds is 6. The molecule has 0 unspecified atom stereocenters. The quantitative estimate of drug-likeness (QED) is 0.593. The smallest absolute Gasteiger partial charge is 0.172 e. The lowest BCUT2D eigenvalue weighted by Crippen LogP contribution is -2.14. The first-order valence-corrected chi connectivity index (χ1v) is 6.52. The minimum atomic E-state index is -0.185. The van der Waals surface area contributed by atoms with Crippen LogP contribution in [-0.4, -0.2) is 30.1 Å². The van der Waals surface area contributed by atoms with Crippen molar-refractivity contribution in [2.24, 2.45) is 0 Å². The molecule has 0 N–H and O–H groups in total. The van der Waals surface area contributed by atoms with Gasteiger partial charge in [-0.05, 0) is 31.5 Å². The largest absolute Gasteiger partial charge is 0.380 e. The van der Waals surface area contributed by atoms with Crippen LogP contribution in [0.5, 0.6) is 0 Å². The van der Waals surface area contributed by atoms with Crippen molar-refractivity contribution in [3.8, 4) is 0 Å². The molecule has 102 valence electrons. The van der Waals surface area contributed by atoms with Gasteiger partial charge in [0.05, 0.1) is 6.42 Å². The predicted molar refractivity (Wildman–Crippen MR) is 78.0 cm³/mol. The number of hydrogen-bond acceptors (Lipinski definition) is 3. The molecule has 0 aliphatic heterocycles. The number of allylic oxidation sites excluding steroid dienone is 1. The number of Topliss-reactive ketones (excluding diaryl/α,β-unsaturated/α-hetero) is 2. The molecule has 0 radical (unpaired) electrons. The minimum absolute atomic E-state index is 0.0874. The molecule has 0 bridgehead atoms. The Labute approximate surface area is 118 Å². The highest BCUT2D eigenvalue weighted by molar-refractivity contribution is 6.31. The van der Waals surface area contributed by atoms with Gasteiger partial charge in [-0.25, -0.2) is 0 Å². The Hall–Kier alpha value is -1.61. The Morgan fingerprint density at radius 1 is 1.37 bits per heavy atom. The van der Waals surface area contributed by atoms with Gasteiger partial charge in [-0.15, -0.1) is 0 Å². The second kappa shape index (κ2) is 7.10.